The smallest absolute Gasteiger partial charge is 0.150 e. The van der Waals surface area contributed by atoms with Crippen molar-refractivity contribution in [3.63, 3.8) is 0 Å². The Morgan fingerprint density at radius 2 is 1.57 bits per heavy atom. The molecule has 4 heteroatoms. The molecule has 0 radical (unpaired) electrons. The highest BCUT2D eigenvalue weighted by molar-refractivity contribution is 5.65. The van der Waals surface area contributed by atoms with Crippen molar-refractivity contribution < 1.29 is 8.78 Å². The van der Waals surface area contributed by atoms with Gasteiger partial charge < -0.3 is 0 Å². The lowest BCUT2D eigenvalue weighted by molar-refractivity contribution is 0.623. The summed E-state index contributed by atoms with van der Waals surface area (Å²) in [6, 6.07) is 10.7. The monoisotopic (exact) mass is 282 g/mol. The van der Waals surface area contributed by atoms with Crippen LogP contribution in [-0.4, -0.2) is 9.97 Å². The van der Waals surface area contributed by atoms with Gasteiger partial charge in [0.15, 0.2) is 0 Å². The number of rotatable bonds is 2. The molecular formula is C17H12F2N2. The van der Waals surface area contributed by atoms with E-state index in [2.05, 4.69) is 9.97 Å². The highest BCUT2D eigenvalue weighted by atomic mass is 19.1. The summed E-state index contributed by atoms with van der Waals surface area (Å²) in [6.45, 7) is 1.94. The number of hydrogen-bond acceptors (Lipinski definition) is 2. The molecule has 2 heterocycles. The van der Waals surface area contributed by atoms with Crippen LogP contribution in [0.5, 0.6) is 0 Å². The van der Waals surface area contributed by atoms with Gasteiger partial charge in [-0.25, -0.2) is 8.78 Å². The van der Waals surface area contributed by atoms with E-state index < -0.39 is 5.82 Å². The van der Waals surface area contributed by atoms with Crippen LogP contribution < -0.4 is 0 Å². The van der Waals surface area contributed by atoms with Crippen molar-refractivity contribution in [2.45, 2.75) is 6.92 Å². The lowest BCUT2D eigenvalue weighted by Crippen LogP contribution is -1.92. The van der Waals surface area contributed by atoms with Gasteiger partial charge >= 0.3 is 0 Å². The van der Waals surface area contributed by atoms with Crippen molar-refractivity contribution in [1.82, 2.24) is 9.97 Å². The van der Waals surface area contributed by atoms with Gasteiger partial charge in [0.2, 0.25) is 0 Å². The molecule has 2 aromatic heterocycles. The molecule has 0 N–H and O–H groups in total. The van der Waals surface area contributed by atoms with Crippen molar-refractivity contribution in [1.29, 1.82) is 0 Å². The molecule has 21 heavy (non-hydrogen) atoms. The third kappa shape index (κ3) is 2.79. The van der Waals surface area contributed by atoms with Crippen molar-refractivity contribution in [3.8, 4) is 22.5 Å². The first-order chi connectivity index (χ1) is 10.1. The Morgan fingerprint density at radius 1 is 0.810 bits per heavy atom. The maximum Gasteiger partial charge on any atom is 0.150 e. The highest BCUT2D eigenvalue weighted by Crippen LogP contribution is 2.25. The van der Waals surface area contributed by atoms with E-state index in [4.69, 9.17) is 0 Å². The third-order valence-corrected chi connectivity index (χ3v) is 3.17. The molecule has 0 fully saturated rings. The summed E-state index contributed by atoms with van der Waals surface area (Å²) in [4.78, 5) is 8.39. The first-order valence-electron chi connectivity index (χ1n) is 6.48. The van der Waals surface area contributed by atoms with E-state index in [0.717, 1.165) is 5.56 Å². The molecule has 104 valence electrons. The standard InChI is InChI=1S/C17H12F2N2/c1-11-2-7-16(20-9-11)13-8-15(19)17(21-10-13)12-3-5-14(18)6-4-12/h2-10H,1H3. The summed E-state index contributed by atoms with van der Waals surface area (Å²) in [5, 5.41) is 0. The molecule has 1 aromatic carbocycles. The van der Waals surface area contributed by atoms with Gasteiger partial charge in [-0.1, -0.05) is 6.07 Å². The Hall–Kier alpha value is -2.62. The van der Waals surface area contributed by atoms with Crippen LogP contribution in [0.25, 0.3) is 22.5 Å². The molecule has 0 spiro atoms. The van der Waals surface area contributed by atoms with E-state index in [1.807, 2.05) is 19.1 Å². The van der Waals surface area contributed by atoms with E-state index in [1.165, 1.54) is 30.3 Å². The van der Waals surface area contributed by atoms with Gasteiger partial charge in [-0.05, 0) is 48.9 Å². The molecule has 0 aliphatic carbocycles. The number of aromatic nitrogens is 2. The van der Waals surface area contributed by atoms with Crippen molar-refractivity contribution in [2.75, 3.05) is 0 Å². The molecule has 0 saturated carbocycles. The third-order valence-electron chi connectivity index (χ3n) is 3.17. The Bertz CT molecular complexity index is 766. The van der Waals surface area contributed by atoms with Gasteiger partial charge in [-0.15, -0.1) is 0 Å². The van der Waals surface area contributed by atoms with Crippen LogP contribution in [0, 0.1) is 18.6 Å². The Labute approximate surface area is 121 Å². The maximum atomic E-state index is 14.2. The normalized spacial score (nSPS) is 10.6. The lowest BCUT2D eigenvalue weighted by Gasteiger charge is -2.06. The summed E-state index contributed by atoms with van der Waals surface area (Å²) >= 11 is 0. The van der Waals surface area contributed by atoms with Gasteiger partial charge in [-0.2, -0.15) is 0 Å². The molecular weight excluding hydrogens is 270 g/mol. The van der Waals surface area contributed by atoms with E-state index in [-0.39, 0.29) is 11.5 Å². The Balaban J connectivity index is 1.99. The van der Waals surface area contributed by atoms with Crippen LogP contribution in [0.4, 0.5) is 8.78 Å². The summed E-state index contributed by atoms with van der Waals surface area (Å²) in [6.07, 6.45) is 3.29. The van der Waals surface area contributed by atoms with Gasteiger partial charge in [0, 0.05) is 23.5 Å². The Morgan fingerprint density at radius 3 is 2.19 bits per heavy atom. The van der Waals surface area contributed by atoms with Crippen molar-refractivity contribution >= 4 is 0 Å². The maximum absolute atomic E-state index is 14.2. The van der Waals surface area contributed by atoms with Crippen LogP contribution in [0.2, 0.25) is 0 Å². The average Bonchev–Trinajstić information content (AvgIpc) is 2.49. The molecule has 0 aliphatic heterocycles. The zero-order valence-electron chi connectivity index (χ0n) is 11.3. The first-order valence-corrected chi connectivity index (χ1v) is 6.48. The molecule has 0 unspecified atom stereocenters. The van der Waals surface area contributed by atoms with Crippen LogP contribution in [0.15, 0.2) is 54.9 Å². The average molecular weight is 282 g/mol. The second kappa shape index (κ2) is 5.40. The molecule has 0 aliphatic rings. The fourth-order valence-corrected chi connectivity index (χ4v) is 2.04. The van der Waals surface area contributed by atoms with E-state index in [0.29, 0.717) is 16.8 Å². The number of halogens is 2. The molecule has 3 rings (SSSR count). The summed E-state index contributed by atoms with van der Waals surface area (Å²) in [5.74, 6) is -0.818. The minimum Gasteiger partial charge on any atom is -0.256 e. The number of hydrogen-bond donors (Lipinski definition) is 0. The highest BCUT2D eigenvalue weighted by Gasteiger charge is 2.09. The summed E-state index contributed by atoms with van der Waals surface area (Å²) in [5.41, 5.74) is 3.05. The number of nitrogens with zero attached hydrogens (tertiary/aromatic N) is 2. The molecule has 2 nitrogen and oxygen atoms in total. The zero-order valence-corrected chi connectivity index (χ0v) is 11.3. The number of benzene rings is 1. The first kappa shape index (κ1) is 13.4. The van der Waals surface area contributed by atoms with E-state index in [1.54, 1.807) is 12.4 Å². The summed E-state index contributed by atoms with van der Waals surface area (Å²) in [7, 11) is 0. The molecule has 0 atom stereocenters. The largest absolute Gasteiger partial charge is 0.256 e. The fraction of sp³-hybridized carbons (Fsp3) is 0.0588. The van der Waals surface area contributed by atoms with Gasteiger partial charge in [0.25, 0.3) is 0 Å². The molecule has 0 bridgehead atoms. The summed E-state index contributed by atoms with van der Waals surface area (Å²) < 4.78 is 27.1. The molecule has 3 aromatic rings. The predicted octanol–water partition coefficient (Wildman–Crippen LogP) is 4.40. The van der Waals surface area contributed by atoms with Gasteiger partial charge in [0.05, 0.1) is 5.69 Å². The SMILES string of the molecule is Cc1ccc(-c2cnc(-c3ccc(F)cc3)c(F)c2)nc1. The van der Waals surface area contributed by atoms with Crippen LogP contribution in [-0.2, 0) is 0 Å². The number of pyridine rings is 2. The fourth-order valence-electron chi connectivity index (χ4n) is 2.04. The molecule has 0 amide bonds. The number of aryl methyl sites for hydroxylation is 1. The lowest BCUT2D eigenvalue weighted by atomic mass is 10.1. The van der Waals surface area contributed by atoms with E-state index >= 15 is 0 Å². The van der Waals surface area contributed by atoms with Crippen LogP contribution >= 0.6 is 0 Å². The Kier molecular flexibility index (Phi) is 3.44. The molecule has 0 saturated heterocycles. The topological polar surface area (TPSA) is 25.8 Å². The van der Waals surface area contributed by atoms with Crippen LogP contribution in [0.3, 0.4) is 0 Å². The van der Waals surface area contributed by atoms with Gasteiger partial charge in [0.1, 0.15) is 17.3 Å². The minimum atomic E-state index is -0.457. The second-order valence-electron chi connectivity index (χ2n) is 4.78. The van der Waals surface area contributed by atoms with Crippen molar-refractivity contribution in [3.05, 3.63) is 72.1 Å². The minimum absolute atomic E-state index is 0.200. The second-order valence-corrected chi connectivity index (χ2v) is 4.78. The zero-order chi connectivity index (χ0) is 14.8. The van der Waals surface area contributed by atoms with Crippen LogP contribution in [0.1, 0.15) is 5.56 Å². The predicted molar refractivity (Wildman–Crippen MR) is 77.6 cm³/mol. The van der Waals surface area contributed by atoms with E-state index in [9.17, 15) is 8.78 Å². The quantitative estimate of drug-likeness (QED) is 0.696. The van der Waals surface area contributed by atoms with Gasteiger partial charge in [-0.3, -0.25) is 9.97 Å². The van der Waals surface area contributed by atoms with Crippen molar-refractivity contribution in [2.24, 2.45) is 0 Å².